The van der Waals surface area contributed by atoms with Gasteiger partial charge in [0.1, 0.15) is 0 Å². The van der Waals surface area contributed by atoms with Gasteiger partial charge in [0.15, 0.2) is 11.6 Å². The normalized spacial score (nSPS) is 10.8. The van der Waals surface area contributed by atoms with Gasteiger partial charge in [-0.25, -0.2) is 13.2 Å². The quantitative estimate of drug-likeness (QED) is 0.764. The molecule has 0 radical (unpaired) electrons. The minimum Gasteiger partial charge on any atom is -0.494 e. The van der Waals surface area contributed by atoms with Crippen LogP contribution in [0.3, 0.4) is 0 Å². The second-order valence-corrected chi connectivity index (χ2v) is 3.61. The molecule has 0 atom stereocenters. The summed E-state index contributed by atoms with van der Waals surface area (Å²) in [5.74, 6) is -0.754. The molecular formula is C11H15F3N2O2. The summed E-state index contributed by atoms with van der Waals surface area (Å²) in [5.41, 5.74) is 5.81. The highest BCUT2D eigenvalue weighted by Crippen LogP contribution is 2.31. The molecule has 0 heterocycles. The van der Waals surface area contributed by atoms with Crippen LogP contribution in [0.25, 0.3) is 0 Å². The van der Waals surface area contributed by atoms with E-state index in [4.69, 9.17) is 15.6 Å². The molecule has 18 heavy (non-hydrogen) atoms. The van der Waals surface area contributed by atoms with E-state index in [9.17, 15) is 13.2 Å². The van der Waals surface area contributed by atoms with E-state index >= 15 is 0 Å². The number of nitrogens with two attached hydrogens (primary N) is 1. The zero-order valence-corrected chi connectivity index (χ0v) is 9.87. The molecule has 0 aliphatic rings. The number of rotatable bonds is 6. The molecule has 0 bridgehead atoms. The van der Waals surface area contributed by atoms with E-state index < -0.39 is 18.8 Å². The highest BCUT2D eigenvalue weighted by Gasteiger charge is 2.17. The van der Waals surface area contributed by atoms with Crippen LogP contribution in [0.1, 0.15) is 0 Å². The number of methoxy groups -OCH3 is 1. The van der Waals surface area contributed by atoms with E-state index in [1.54, 1.807) is 0 Å². The van der Waals surface area contributed by atoms with Gasteiger partial charge in [-0.15, -0.1) is 0 Å². The van der Waals surface area contributed by atoms with Gasteiger partial charge < -0.3 is 20.5 Å². The summed E-state index contributed by atoms with van der Waals surface area (Å²) in [5, 5.41) is 8.85. The molecule has 0 fully saturated rings. The van der Waals surface area contributed by atoms with Gasteiger partial charge in [0, 0.05) is 18.7 Å². The van der Waals surface area contributed by atoms with Gasteiger partial charge in [-0.1, -0.05) is 0 Å². The lowest BCUT2D eigenvalue weighted by Crippen LogP contribution is -2.32. The van der Waals surface area contributed by atoms with Crippen LogP contribution in [0.2, 0.25) is 0 Å². The SMILES string of the molecule is COc1cc(N(CCO)CC(F)F)c(N)cc1F. The standard InChI is InChI=1S/C11H15F3N2O2/c1-18-10-5-9(8(15)4-7(10)12)16(2-3-17)6-11(13)14/h4-5,11,17H,2-3,6,15H2,1H3. The Morgan fingerprint density at radius 1 is 1.44 bits per heavy atom. The highest BCUT2D eigenvalue weighted by molar-refractivity contribution is 5.70. The molecule has 1 rings (SSSR count). The largest absolute Gasteiger partial charge is 0.494 e. The average molecular weight is 264 g/mol. The molecule has 7 heteroatoms. The molecule has 0 spiro atoms. The predicted octanol–water partition coefficient (Wildman–Crippen LogP) is 1.48. The Bertz CT molecular complexity index is 402. The van der Waals surface area contributed by atoms with Crippen LogP contribution < -0.4 is 15.4 Å². The van der Waals surface area contributed by atoms with Gasteiger partial charge in [-0.05, 0) is 0 Å². The summed E-state index contributed by atoms with van der Waals surface area (Å²) < 4.78 is 42.9. The fourth-order valence-electron chi connectivity index (χ4n) is 1.59. The first-order valence-corrected chi connectivity index (χ1v) is 5.26. The number of halogens is 3. The van der Waals surface area contributed by atoms with Crippen molar-refractivity contribution in [1.29, 1.82) is 0 Å². The average Bonchev–Trinajstić information content (AvgIpc) is 2.28. The second kappa shape index (κ2) is 6.34. The number of nitrogens with zero attached hydrogens (tertiary/aromatic N) is 1. The summed E-state index contributed by atoms with van der Waals surface area (Å²) in [6, 6.07) is 2.24. The van der Waals surface area contributed by atoms with E-state index in [0.29, 0.717) is 0 Å². The number of hydrogen-bond donors (Lipinski definition) is 2. The lowest BCUT2D eigenvalue weighted by molar-refractivity contribution is 0.153. The van der Waals surface area contributed by atoms with Crippen molar-refractivity contribution in [2.75, 3.05) is 37.4 Å². The van der Waals surface area contributed by atoms with Crippen LogP contribution in [-0.4, -0.2) is 38.3 Å². The maximum Gasteiger partial charge on any atom is 0.255 e. The van der Waals surface area contributed by atoms with E-state index in [1.165, 1.54) is 18.1 Å². The molecular weight excluding hydrogens is 249 g/mol. The van der Waals surface area contributed by atoms with Crippen molar-refractivity contribution in [3.63, 3.8) is 0 Å². The van der Waals surface area contributed by atoms with Gasteiger partial charge in [0.25, 0.3) is 6.43 Å². The van der Waals surface area contributed by atoms with E-state index in [1.807, 2.05) is 0 Å². The first-order valence-electron chi connectivity index (χ1n) is 5.26. The van der Waals surface area contributed by atoms with Gasteiger partial charge >= 0.3 is 0 Å². The van der Waals surface area contributed by atoms with Crippen molar-refractivity contribution in [2.24, 2.45) is 0 Å². The number of aliphatic hydroxyl groups is 1. The third-order valence-electron chi connectivity index (χ3n) is 2.37. The first-order chi connectivity index (χ1) is 8.49. The number of aliphatic hydroxyl groups excluding tert-OH is 1. The third-order valence-corrected chi connectivity index (χ3v) is 2.37. The minimum atomic E-state index is -2.59. The topological polar surface area (TPSA) is 58.7 Å². The maximum atomic E-state index is 13.3. The van der Waals surface area contributed by atoms with Gasteiger partial charge in [-0.3, -0.25) is 0 Å². The Morgan fingerprint density at radius 3 is 2.61 bits per heavy atom. The van der Waals surface area contributed by atoms with E-state index in [2.05, 4.69) is 0 Å². The van der Waals surface area contributed by atoms with Crippen molar-refractivity contribution in [1.82, 2.24) is 0 Å². The fourth-order valence-corrected chi connectivity index (χ4v) is 1.59. The van der Waals surface area contributed by atoms with Crippen molar-refractivity contribution in [3.8, 4) is 5.75 Å². The molecule has 0 aliphatic carbocycles. The number of anilines is 2. The molecule has 0 amide bonds. The van der Waals surface area contributed by atoms with Gasteiger partial charge in [0.2, 0.25) is 0 Å². The van der Waals surface area contributed by atoms with Gasteiger partial charge in [-0.2, -0.15) is 0 Å². The van der Waals surface area contributed by atoms with Crippen molar-refractivity contribution in [2.45, 2.75) is 6.43 Å². The minimum absolute atomic E-state index is 0.0161. The Balaban J connectivity index is 3.10. The Morgan fingerprint density at radius 2 is 2.11 bits per heavy atom. The Labute approximate surface area is 103 Å². The van der Waals surface area contributed by atoms with Crippen LogP contribution in [0.15, 0.2) is 12.1 Å². The van der Waals surface area contributed by atoms with E-state index in [-0.39, 0.29) is 30.3 Å². The molecule has 0 aliphatic heterocycles. The maximum absolute atomic E-state index is 13.3. The Kier molecular flexibility index (Phi) is 5.08. The zero-order valence-electron chi connectivity index (χ0n) is 9.87. The molecule has 3 N–H and O–H groups in total. The lowest BCUT2D eigenvalue weighted by Gasteiger charge is -2.25. The summed E-state index contributed by atoms with van der Waals surface area (Å²) in [7, 11) is 1.27. The molecule has 1 aromatic carbocycles. The summed E-state index contributed by atoms with van der Waals surface area (Å²) in [6.07, 6.45) is -2.59. The smallest absolute Gasteiger partial charge is 0.255 e. The van der Waals surface area contributed by atoms with Crippen molar-refractivity contribution in [3.05, 3.63) is 17.9 Å². The molecule has 0 aromatic heterocycles. The molecule has 102 valence electrons. The summed E-state index contributed by atoms with van der Waals surface area (Å²) in [4.78, 5) is 1.18. The number of nitrogen functional groups attached to an aromatic ring is 1. The molecule has 1 aromatic rings. The monoisotopic (exact) mass is 264 g/mol. The fraction of sp³-hybridized carbons (Fsp3) is 0.455. The molecule has 4 nitrogen and oxygen atoms in total. The molecule has 0 unspecified atom stereocenters. The summed E-state index contributed by atoms with van der Waals surface area (Å²) >= 11 is 0. The number of alkyl halides is 2. The molecule has 0 saturated heterocycles. The predicted molar refractivity (Wildman–Crippen MR) is 62.7 cm³/mol. The molecule has 0 saturated carbocycles. The Hall–Kier alpha value is -1.63. The van der Waals surface area contributed by atoms with Crippen LogP contribution in [0.4, 0.5) is 24.5 Å². The summed E-state index contributed by atoms with van der Waals surface area (Å²) in [6.45, 7) is -0.936. The van der Waals surface area contributed by atoms with Gasteiger partial charge in [0.05, 0.1) is 31.6 Å². The number of benzene rings is 1. The van der Waals surface area contributed by atoms with Crippen LogP contribution in [-0.2, 0) is 0 Å². The van der Waals surface area contributed by atoms with Crippen molar-refractivity contribution < 1.29 is 23.0 Å². The van der Waals surface area contributed by atoms with Crippen LogP contribution in [0, 0.1) is 5.82 Å². The van der Waals surface area contributed by atoms with Crippen LogP contribution in [0.5, 0.6) is 5.75 Å². The van der Waals surface area contributed by atoms with Crippen LogP contribution >= 0.6 is 0 Å². The number of ether oxygens (including phenoxy) is 1. The lowest BCUT2D eigenvalue weighted by atomic mass is 10.2. The zero-order chi connectivity index (χ0) is 13.7. The third kappa shape index (κ3) is 3.43. The number of hydrogen-bond acceptors (Lipinski definition) is 4. The second-order valence-electron chi connectivity index (χ2n) is 3.61. The first kappa shape index (κ1) is 14.4. The van der Waals surface area contributed by atoms with E-state index in [0.717, 1.165) is 6.07 Å². The van der Waals surface area contributed by atoms with Crippen molar-refractivity contribution >= 4 is 11.4 Å². The highest BCUT2D eigenvalue weighted by atomic mass is 19.3.